The maximum atomic E-state index is 11.9. The molecular weight excluding hydrogens is 268 g/mol. The summed E-state index contributed by atoms with van der Waals surface area (Å²) in [5, 5.41) is 5.37. The third-order valence-corrected chi connectivity index (χ3v) is 2.80. The number of rotatable bonds is 8. The summed E-state index contributed by atoms with van der Waals surface area (Å²) in [5.74, 6) is 0.0459. The van der Waals surface area contributed by atoms with Crippen molar-refractivity contribution in [2.75, 3.05) is 13.2 Å². The first-order valence-corrected chi connectivity index (χ1v) is 6.90. The smallest absolute Gasteiger partial charge is 0.258 e. The van der Waals surface area contributed by atoms with Crippen molar-refractivity contribution in [2.45, 2.75) is 19.9 Å². The Kier molecular flexibility index (Phi) is 7.01. The molecule has 5 nitrogen and oxygen atoms in total. The van der Waals surface area contributed by atoms with Gasteiger partial charge in [0, 0.05) is 6.54 Å². The third-order valence-electron chi connectivity index (χ3n) is 2.80. The second-order valence-corrected chi connectivity index (χ2v) is 4.92. The lowest BCUT2D eigenvalue weighted by atomic mass is 10.0. The molecule has 0 saturated heterocycles. The predicted molar refractivity (Wildman–Crippen MR) is 81.9 cm³/mol. The van der Waals surface area contributed by atoms with Crippen molar-refractivity contribution < 1.29 is 14.3 Å². The largest absolute Gasteiger partial charge is 0.484 e. The van der Waals surface area contributed by atoms with Crippen molar-refractivity contribution in [2.24, 2.45) is 5.92 Å². The Balaban J connectivity index is 2.48. The Morgan fingerprint density at radius 1 is 1.29 bits per heavy atom. The van der Waals surface area contributed by atoms with Crippen LogP contribution in [0.3, 0.4) is 0 Å². The van der Waals surface area contributed by atoms with E-state index in [1.54, 1.807) is 18.2 Å². The van der Waals surface area contributed by atoms with Crippen LogP contribution in [0.2, 0.25) is 0 Å². The van der Waals surface area contributed by atoms with Crippen LogP contribution in [0.25, 0.3) is 0 Å². The summed E-state index contributed by atoms with van der Waals surface area (Å²) in [5.41, 5.74) is 0. The molecule has 1 rings (SSSR count). The van der Waals surface area contributed by atoms with Gasteiger partial charge in [0.1, 0.15) is 11.8 Å². The zero-order valence-corrected chi connectivity index (χ0v) is 12.5. The number of nitrogens with one attached hydrogen (secondary N) is 2. The van der Waals surface area contributed by atoms with Crippen LogP contribution >= 0.6 is 0 Å². The predicted octanol–water partition coefficient (Wildman–Crippen LogP) is 1.51. The van der Waals surface area contributed by atoms with Crippen LogP contribution in [-0.4, -0.2) is 31.0 Å². The van der Waals surface area contributed by atoms with E-state index in [4.69, 9.17) is 4.74 Å². The highest BCUT2D eigenvalue weighted by molar-refractivity contribution is 5.88. The Morgan fingerprint density at radius 2 is 1.95 bits per heavy atom. The molecule has 0 aromatic heterocycles. The minimum Gasteiger partial charge on any atom is -0.484 e. The van der Waals surface area contributed by atoms with Gasteiger partial charge in [0.05, 0.1) is 0 Å². The Hall–Kier alpha value is -2.30. The van der Waals surface area contributed by atoms with Crippen molar-refractivity contribution in [1.82, 2.24) is 10.6 Å². The van der Waals surface area contributed by atoms with Crippen molar-refractivity contribution in [3.05, 3.63) is 43.0 Å². The van der Waals surface area contributed by atoms with Crippen LogP contribution in [0.5, 0.6) is 5.75 Å². The lowest BCUT2D eigenvalue weighted by Crippen LogP contribution is -2.50. The summed E-state index contributed by atoms with van der Waals surface area (Å²) in [6.45, 7) is 7.53. The number of para-hydroxylation sites is 1. The molecule has 0 aliphatic heterocycles. The summed E-state index contributed by atoms with van der Waals surface area (Å²) in [6, 6.07) is 8.47. The number of carbonyl (C=O) groups excluding carboxylic acids is 2. The molecular formula is C16H22N2O3. The highest BCUT2D eigenvalue weighted by Gasteiger charge is 2.23. The van der Waals surface area contributed by atoms with Gasteiger partial charge in [-0.25, -0.2) is 0 Å². The zero-order chi connectivity index (χ0) is 15.7. The highest BCUT2D eigenvalue weighted by atomic mass is 16.5. The molecule has 0 aliphatic rings. The summed E-state index contributed by atoms with van der Waals surface area (Å²) < 4.78 is 5.35. The van der Waals surface area contributed by atoms with Gasteiger partial charge < -0.3 is 15.4 Å². The normalized spacial score (nSPS) is 11.6. The second kappa shape index (κ2) is 8.79. The third kappa shape index (κ3) is 6.12. The molecule has 1 aromatic rings. The van der Waals surface area contributed by atoms with Crippen LogP contribution < -0.4 is 15.4 Å². The number of hydrogen-bond donors (Lipinski definition) is 2. The van der Waals surface area contributed by atoms with E-state index in [1.807, 2.05) is 32.0 Å². The van der Waals surface area contributed by atoms with Gasteiger partial charge in [-0.15, -0.1) is 6.58 Å². The average Bonchev–Trinajstić information content (AvgIpc) is 2.49. The zero-order valence-electron chi connectivity index (χ0n) is 12.5. The minimum atomic E-state index is -0.586. The quantitative estimate of drug-likeness (QED) is 0.713. The van der Waals surface area contributed by atoms with Crippen LogP contribution in [0.15, 0.2) is 43.0 Å². The van der Waals surface area contributed by atoms with Gasteiger partial charge in [0.15, 0.2) is 6.61 Å². The van der Waals surface area contributed by atoms with Gasteiger partial charge >= 0.3 is 0 Å². The summed E-state index contributed by atoms with van der Waals surface area (Å²) in [4.78, 5) is 23.8. The van der Waals surface area contributed by atoms with E-state index in [0.717, 1.165) is 0 Å². The van der Waals surface area contributed by atoms with Crippen LogP contribution in [0.4, 0.5) is 0 Å². The standard InChI is InChI=1S/C16H22N2O3/c1-4-10-17-16(20)15(12(2)3)18-14(19)11-21-13-8-6-5-7-9-13/h4-9,12,15H,1,10-11H2,2-3H3,(H,17,20)(H,18,19)/t15-/m0/s1. The van der Waals surface area contributed by atoms with Gasteiger partial charge in [-0.2, -0.15) is 0 Å². The monoisotopic (exact) mass is 290 g/mol. The van der Waals surface area contributed by atoms with Gasteiger partial charge in [0.2, 0.25) is 5.91 Å². The molecule has 0 spiro atoms. The number of ether oxygens (including phenoxy) is 1. The molecule has 0 radical (unpaired) electrons. The SMILES string of the molecule is C=CCNC(=O)[C@@H](NC(=O)COc1ccccc1)C(C)C. The first-order valence-electron chi connectivity index (χ1n) is 6.90. The lowest BCUT2D eigenvalue weighted by Gasteiger charge is -2.21. The summed E-state index contributed by atoms with van der Waals surface area (Å²) in [7, 11) is 0. The molecule has 0 bridgehead atoms. The van der Waals surface area contributed by atoms with Crippen LogP contribution in [0, 0.1) is 5.92 Å². The van der Waals surface area contributed by atoms with Crippen molar-refractivity contribution >= 4 is 11.8 Å². The van der Waals surface area contributed by atoms with E-state index in [2.05, 4.69) is 17.2 Å². The van der Waals surface area contributed by atoms with E-state index in [-0.39, 0.29) is 24.3 Å². The highest BCUT2D eigenvalue weighted by Crippen LogP contribution is 2.08. The maximum absolute atomic E-state index is 11.9. The maximum Gasteiger partial charge on any atom is 0.258 e. The van der Waals surface area contributed by atoms with E-state index in [1.165, 1.54) is 0 Å². The molecule has 1 atom stereocenters. The first-order chi connectivity index (χ1) is 10.0. The lowest BCUT2D eigenvalue weighted by molar-refractivity contribution is -0.130. The summed E-state index contributed by atoms with van der Waals surface area (Å²) >= 11 is 0. The first kappa shape index (κ1) is 16.8. The molecule has 0 heterocycles. The minimum absolute atomic E-state index is 0.0181. The number of carbonyl (C=O) groups is 2. The molecule has 21 heavy (non-hydrogen) atoms. The van der Waals surface area contributed by atoms with Gasteiger partial charge in [-0.1, -0.05) is 38.1 Å². The Morgan fingerprint density at radius 3 is 2.52 bits per heavy atom. The topological polar surface area (TPSA) is 67.4 Å². The Bertz CT molecular complexity index is 472. The second-order valence-electron chi connectivity index (χ2n) is 4.92. The molecule has 0 unspecified atom stereocenters. The molecule has 0 saturated carbocycles. The van der Waals surface area contributed by atoms with Crippen molar-refractivity contribution in [3.8, 4) is 5.75 Å². The van der Waals surface area contributed by atoms with Gasteiger partial charge in [-0.05, 0) is 18.1 Å². The molecule has 2 amide bonds. The Labute approximate surface area is 125 Å². The summed E-state index contributed by atoms with van der Waals surface area (Å²) in [6.07, 6.45) is 1.59. The fourth-order valence-corrected chi connectivity index (χ4v) is 1.70. The van der Waals surface area contributed by atoms with E-state index >= 15 is 0 Å². The van der Waals surface area contributed by atoms with Crippen LogP contribution in [-0.2, 0) is 9.59 Å². The fourth-order valence-electron chi connectivity index (χ4n) is 1.70. The number of benzene rings is 1. The van der Waals surface area contributed by atoms with Gasteiger partial charge in [0.25, 0.3) is 5.91 Å². The molecule has 2 N–H and O–H groups in total. The van der Waals surface area contributed by atoms with E-state index in [0.29, 0.717) is 12.3 Å². The van der Waals surface area contributed by atoms with Gasteiger partial charge in [-0.3, -0.25) is 9.59 Å². The van der Waals surface area contributed by atoms with Crippen molar-refractivity contribution in [1.29, 1.82) is 0 Å². The van der Waals surface area contributed by atoms with E-state index in [9.17, 15) is 9.59 Å². The van der Waals surface area contributed by atoms with E-state index < -0.39 is 6.04 Å². The molecule has 114 valence electrons. The molecule has 5 heteroatoms. The van der Waals surface area contributed by atoms with Crippen molar-refractivity contribution in [3.63, 3.8) is 0 Å². The molecule has 0 fully saturated rings. The molecule has 0 aliphatic carbocycles. The fraction of sp³-hybridized carbons (Fsp3) is 0.375. The van der Waals surface area contributed by atoms with Crippen LogP contribution in [0.1, 0.15) is 13.8 Å². The number of hydrogen-bond acceptors (Lipinski definition) is 3. The average molecular weight is 290 g/mol. The number of amides is 2. The molecule has 1 aromatic carbocycles.